The van der Waals surface area contributed by atoms with Crippen LogP contribution in [0.1, 0.15) is 77.1 Å². The van der Waals surface area contributed by atoms with Crippen molar-refractivity contribution in [1.82, 2.24) is 15.5 Å². The number of rotatable bonds is 6. The molecule has 1 atom stereocenters. The Morgan fingerprint density at radius 3 is 2.06 bits per heavy atom. The molecule has 0 aromatic heterocycles. The zero-order valence-electron chi connectivity index (χ0n) is 20.1. The van der Waals surface area contributed by atoms with Gasteiger partial charge in [0.1, 0.15) is 18.2 Å². The van der Waals surface area contributed by atoms with Gasteiger partial charge in [-0.1, -0.05) is 18.2 Å². The normalized spacial score (nSPS) is 15.1. The largest absolute Gasteiger partial charge is 0.444 e. The molecule has 0 aliphatic heterocycles. The molecule has 1 unspecified atom stereocenters. The van der Waals surface area contributed by atoms with Gasteiger partial charge in [0.2, 0.25) is 11.8 Å². The zero-order valence-corrected chi connectivity index (χ0v) is 20.1. The van der Waals surface area contributed by atoms with E-state index in [0.717, 1.165) is 29.5 Å². The first-order chi connectivity index (χ1) is 14.2. The highest BCUT2D eigenvalue weighted by Crippen LogP contribution is 2.37. The predicted octanol–water partition coefficient (Wildman–Crippen LogP) is 3.77. The lowest BCUT2D eigenvalue weighted by Crippen LogP contribution is -2.52. The van der Waals surface area contributed by atoms with Gasteiger partial charge in [0.15, 0.2) is 0 Å². The fraction of sp³-hybridized carbons (Fsp3) is 0.625. The summed E-state index contributed by atoms with van der Waals surface area (Å²) in [4.78, 5) is 40.4. The smallest absolute Gasteiger partial charge is 0.408 e. The van der Waals surface area contributed by atoms with Gasteiger partial charge in [-0.15, -0.1) is 0 Å². The first-order valence-corrected chi connectivity index (χ1v) is 10.9. The Morgan fingerprint density at radius 2 is 1.61 bits per heavy atom. The number of benzene rings is 1. The van der Waals surface area contributed by atoms with Gasteiger partial charge in [-0.3, -0.25) is 9.59 Å². The van der Waals surface area contributed by atoms with Gasteiger partial charge >= 0.3 is 6.09 Å². The Hall–Kier alpha value is -2.57. The maximum Gasteiger partial charge on any atom is 0.408 e. The monoisotopic (exact) mass is 431 g/mol. The van der Waals surface area contributed by atoms with Crippen LogP contribution in [0.15, 0.2) is 18.2 Å². The Bertz CT molecular complexity index is 812. The second kappa shape index (κ2) is 9.28. The van der Waals surface area contributed by atoms with Crippen LogP contribution in [0.4, 0.5) is 4.79 Å². The van der Waals surface area contributed by atoms with Crippen molar-refractivity contribution in [2.24, 2.45) is 0 Å². The first kappa shape index (κ1) is 24.7. The lowest BCUT2D eigenvalue weighted by Gasteiger charge is -2.35. The number of carbonyl (C=O) groups is 3. The molecule has 3 amide bonds. The number of alkyl carbamates (subject to hydrolysis) is 1. The molecule has 1 aliphatic rings. The summed E-state index contributed by atoms with van der Waals surface area (Å²) in [5.74, 6) is -0.521. The second-order valence-electron chi connectivity index (χ2n) is 10.3. The number of nitrogens with one attached hydrogen (secondary N) is 2. The lowest BCUT2D eigenvalue weighted by molar-refractivity contribution is -0.141. The number of amides is 3. The molecular weight excluding hydrogens is 394 g/mol. The Morgan fingerprint density at radius 1 is 1.06 bits per heavy atom. The molecule has 2 N–H and O–H groups in total. The Balaban J connectivity index is 2.35. The SMILES string of the molecule is Cc1cccc(C)c1C(C(=O)NC(C)(C)C)N(C(=O)CNC(=O)OC(C)(C)C)C1CC1. The topological polar surface area (TPSA) is 87.7 Å². The van der Waals surface area contributed by atoms with Crippen molar-refractivity contribution >= 4 is 17.9 Å². The van der Waals surface area contributed by atoms with E-state index in [9.17, 15) is 14.4 Å². The molecule has 1 aliphatic carbocycles. The summed E-state index contributed by atoms with van der Waals surface area (Å²) in [6, 6.07) is 5.06. The minimum atomic E-state index is -0.763. The third kappa shape index (κ3) is 7.26. The van der Waals surface area contributed by atoms with Crippen LogP contribution in [0.3, 0.4) is 0 Å². The van der Waals surface area contributed by atoms with Crippen molar-refractivity contribution in [1.29, 1.82) is 0 Å². The molecule has 1 saturated carbocycles. The number of aryl methyl sites for hydroxylation is 2. The van der Waals surface area contributed by atoms with Gasteiger partial charge < -0.3 is 20.3 Å². The van der Waals surface area contributed by atoms with Crippen molar-refractivity contribution in [3.63, 3.8) is 0 Å². The van der Waals surface area contributed by atoms with E-state index in [1.165, 1.54) is 0 Å². The molecule has 2 rings (SSSR count). The van der Waals surface area contributed by atoms with Crippen molar-refractivity contribution in [3.05, 3.63) is 34.9 Å². The molecule has 7 nitrogen and oxygen atoms in total. The quantitative estimate of drug-likeness (QED) is 0.718. The third-order valence-electron chi connectivity index (χ3n) is 4.85. The van der Waals surface area contributed by atoms with Crippen LogP contribution in [0, 0.1) is 13.8 Å². The molecule has 0 spiro atoms. The van der Waals surface area contributed by atoms with E-state index < -0.39 is 23.3 Å². The summed E-state index contributed by atoms with van der Waals surface area (Å²) < 4.78 is 5.24. The van der Waals surface area contributed by atoms with Crippen molar-refractivity contribution < 1.29 is 19.1 Å². The summed E-state index contributed by atoms with van der Waals surface area (Å²) >= 11 is 0. The molecule has 1 aromatic rings. The molecule has 31 heavy (non-hydrogen) atoms. The van der Waals surface area contributed by atoms with E-state index in [1.54, 1.807) is 25.7 Å². The van der Waals surface area contributed by atoms with Crippen LogP contribution in [-0.4, -0.2) is 46.5 Å². The number of hydrogen-bond donors (Lipinski definition) is 2. The van der Waals surface area contributed by atoms with Crippen LogP contribution in [-0.2, 0) is 14.3 Å². The van der Waals surface area contributed by atoms with E-state index in [0.29, 0.717) is 0 Å². The zero-order chi connectivity index (χ0) is 23.6. The molecule has 0 saturated heterocycles. The number of nitrogens with zero attached hydrogens (tertiary/aromatic N) is 1. The van der Waals surface area contributed by atoms with Crippen LogP contribution >= 0.6 is 0 Å². The Kier molecular flexibility index (Phi) is 7.40. The number of carbonyl (C=O) groups excluding carboxylic acids is 3. The van der Waals surface area contributed by atoms with Gasteiger partial charge in [0, 0.05) is 11.6 Å². The average Bonchev–Trinajstić information content (AvgIpc) is 3.40. The third-order valence-corrected chi connectivity index (χ3v) is 4.85. The minimum absolute atomic E-state index is 0.0253. The molecule has 0 radical (unpaired) electrons. The standard InChI is InChI=1S/C24H37N3O4/c1-15-10-9-11-16(2)19(15)20(21(29)26-23(3,4)5)27(17-12-13-17)18(28)14-25-22(30)31-24(6,7)8/h9-11,17,20H,12-14H2,1-8H3,(H,25,30)(H,26,29). The summed E-state index contributed by atoms with van der Waals surface area (Å²) in [5, 5.41) is 5.58. The average molecular weight is 432 g/mol. The van der Waals surface area contributed by atoms with Gasteiger partial charge in [0.05, 0.1) is 0 Å². The van der Waals surface area contributed by atoms with E-state index in [1.807, 2.05) is 52.8 Å². The van der Waals surface area contributed by atoms with E-state index in [-0.39, 0.29) is 24.4 Å². The summed E-state index contributed by atoms with van der Waals surface area (Å²) in [6.07, 6.45) is 1.02. The van der Waals surface area contributed by atoms with Crippen molar-refractivity contribution in [3.8, 4) is 0 Å². The molecule has 0 heterocycles. The first-order valence-electron chi connectivity index (χ1n) is 10.9. The fourth-order valence-corrected chi connectivity index (χ4v) is 3.56. The molecule has 7 heteroatoms. The predicted molar refractivity (Wildman–Crippen MR) is 121 cm³/mol. The van der Waals surface area contributed by atoms with E-state index in [2.05, 4.69) is 10.6 Å². The summed E-state index contributed by atoms with van der Waals surface area (Å²) in [6.45, 7) is 14.7. The van der Waals surface area contributed by atoms with Gasteiger partial charge in [0.25, 0.3) is 0 Å². The molecule has 172 valence electrons. The lowest BCUT2D eigenvalue weighted by atomic mass is 9.93. The highest BCUT2D eigenvalue weighted by molar-refractivity contribution is 5.91. The van der Waals surface area contributed by atoms with Gasteiger partial charge in [-0.05, 0) is 84.9 Å². The summed E-state index contributed by atoms with van der Waals surface area (Å²) in [7, 11) is 0. The second-order valence-corrected chi connectivity index (χ2v) is 10.3. The molecule has 0 bridgehead atoms. The van der Waals surface area contributed by atoms with Crippen molar-refractivity contribution in [2.45, 2.75) is 91.5 Å². The van der Waals surface area contributed by atoms with Crippen LogP contribution < -0.4 is 10.6 Å². The summed E-state index contributed by atoms with van der Waals surface area (Å²) in [5.41, 5.74) is 1.64. The molecule has 1 fully saturated rings. The maximum atomic E-state index is 13.5. The van der Waals surface area contributed by atoms with Gasteiger partial charge in [-0.2, -0.15) is 0 Å². The van der Waals surface area contributed by atoms with Crippen molar-refractivity contribution in [2.75, 3.05) is 6.54 Å². The molecule has 1 aromatic carbocycles. The minimum Gasteiger partial charge on any atom is -0.444 e. The van der Waals surface area contributed by atoms with Crippen LogP contribution in [0.25, 0.3) is 0 Å². The van der Waals surface area contributed by atoms with E-state index in [4.69, 9.17) is 4.74 Å². The highest BCUT2D eigenvalue weighted by Gasteiger charge is 2.43. The fourth-order valence-electron chi connectivity index (χ4n) is 3.56. The van der Waals surface area contributed by atoms with Gasteiger partial charge in [-0.25, -0.2) is 4.79 Å². The number of hydrogen-bond acceptors (Lipinski definition) is 4. The highest BCUT2D eigenvalue weighted by atomic mass is 16.6. The van der Waals surface area contributed by atoms with Crippen LogP contribution in [0.2, 0.25) is 0 Å². The Labute approximate surface area is 185 Å². The molecular formula is C24H37N3O4. The van der Waals surface area contributed by atoms with Crippen LogP contribution in [0.5, 0.6) is 0 Å². The van der Waals surface area contributed by atoms with E-state index >= 15 is 0 Å². The number of ether oxygens (including phenoxy) is 1. The maximum absolute atomic E-state index is 13.5.